The van der Waals surface area contributed by atoms with Crippen LogP contribution in [-0.2, 0) is 6.54 Å². The molecule has 1 aliphatic rings. The number of nitrogens with one attached hydrogen (secondary N) is 1. The van der Waals surface area contributed by atoms with Gasteiger partial charge in [-0.1, -0.05) is 19.1 Å². The molecule has 1 aliphatic heterocycles. The van der Waals surface area contributed by atoms with Gasteiger partial charge in [-0.25, -0.2) is 4.79 Å². The molecule has 5 nitrogen and oxygen atoms in total. The summed E-state index contributed by atoms with van der Waals surface area (Å²) in [7, 11) is 0. The largest absolute Gasteiger partial charge is 0.352 e. The number of carbonyl (C=O) groups excluding carboxylic acids is 2. The third-order valence-corrected chi connectivity index (χ3v) is 3.97. The topological polar surface area (TPSA) is 75.4 Å². The molecule has 1 atom stereocenters. The van der Waals surface area contributed by atoms with Crippen LogP contribution in [0.25, 0.3) is 0 Å². The number of carbonyl (C=O) groups is 2. The van der Waals surface area contributed by atoms with Gasteiger partial charge < -0.3 is 16.0 Å². The highest BCUT2D eigenvalue weighted by atomic mass is 16.2. The SMILES string of the molecule is C[C@H]1CCCN(C(=O)c2ccc(CNC(N)=O)cc2)CC1. The molecular weight excluding hydrogens is 266 g/mol. The summed E-state index contributed by atoms with van der Waals surface area (Å²) in [5, 5.41) is 2.53. The van der Waals surface area contributed by atoms with Crippen molar-refractivity contribution in [2.75, 3.05) is 13.1 Å². The first-order chi connectivity index (χ1) is 10.1. The highest BCUT2D eigenvalue weighted by Crippen LogP contribution is 2.18. The fraction of sp³-hybridized carbons (Fsp3) is 0.500. The Balaban J connectivity index is 1.97. The molecule has 0 aromatic heterocycles. The van der Waals surface area contributed by atoms with E-state index in [0.29, 0.717) is 18.0 Å². The Morgan fingerprint density at radius 1 is 1.24 bits per heavy atom. The molecule has 2 rings (SSSR count). The summed E-state index contributed by atoms with van der Waals surface area (Å²) in [5.41, 5.74) is 6.66. The lowest BCUT2D eigenvalue weighted by Gasteiger charge is -2.20. The van der Waals surface area contributed by atoms with Crippen LogP contribution >= 0.6 is 0 Å². The number of nitrogens with zero attached hydrogens (tertiary/aromatic N) is 1. The second-order valence-electron chi connectivity index (χ2n) is 5.74. The van der Waals surface area contributed by atoms with E-state index in [2.05, 4.69) is 12.2 Å². The van der Waals surface area contributed by atoms with Gasteiger partial charge in [-0.2, -0.15) is 0 Å². The van der Waals surface area contributed by atoms with Crippen molar-refractivity contribution < 1.29 is 9.59 Å². The summed E-state index contributed by atoms with van der Waals surface area (Å²) < 4.78 is 0. The number of rotatable bonds is 3. The predicted molar refractivity (Wildman–Crippen MR) is 81.8 cm³/mol. The molecule has 0 bridgehead atoms. The van der Waals surface area contributed by atoms with Gasteiger partial charge in [0, 0.05) is 25.2 Å². The average molecular weight is 289 g/mol. The van der Waals surface area contributed by atoms with Crippen molar-refractivity contribution in [2.24, 2.45) is 11.7 Å². The monoisotopic (exact) mass is 289 g/mol. The second-order valence-corrected chi connectivity index (χ2v) is 5.74. The fourth-order valence-corrected chi connectivity index (χ4v) is 2.60. The number of hydrogen-bond acceptors (Lipinski definition) is 2. The van der Waals surface area contributed by atoms with E-state index in [4.69, 9.17) is 5.73 Å². The maximum Gasteiger partial charge on any atom is 0.312 e. The first-order valence-electron chi connectivity index (χ1n) is 7.48. The molecule has 1 heterocycles. The van der Waals surface area contributed by atoms with E-state index in [9.17, 15) is 9.59 Å². The maximum atomic E-state index is 12.5. The quantitative estimate of drug-likeness (QED) is 0.894. The zero-order chi connectivity index (χ0) is 15.2. The summed E-state index contributed by atoms with van der Waals surface area (Å²) in [6.45, 7) is 4.30. The Morgan fingerprint density at radius 3 is 2.62 bits per heavy atom. The molecule has 0 radical (unpaired) electrons. The van der Waals surface area contributed by atoms with Crippen LogP contribution in [0.5, 0.6) is 0 Å². The number of benzene rings is 1. The van der Waals surface area contributed by atoms with Crippen molar-refractivity contribution in [3.8, 4) is 0 Å². The Kier molecular flexibility index (Phi) is 5.20. The molecule has 1 aromatic rings. The van der Waals surface area contributed by atoms with Gasteiger partial charge in [0.2, 0.25) is 0 Å². The van der Waals surface area contributed by atoms with Gasteiger partial charge in [0.25, 0.3) is 5.91 Å². The lowest BCUT2D eigenvalue weighted by atomic mass is 10.0. The smallest absolute Gasteiger partial charge is 0.312 e. The summed E-state index contributed by atoms with van der Waals surface area (Å²) in [6.07, 6.45) is 3.35. The molecule has 3 amide bonds. The Bertz CT molecular complexity index is 499. The lowest BCUT2D eigenvalue weighted by molar-refractivity contribution is 0.0760. The third kappa shape index (κ3) is 4.48. The van der Waals surface area contributed by atoms with Gasteiger partial charge in [0.1, 0.15) is 0 Å². The molecule has 21 heavy (non-hydrogen) atoms. The van der Waals surface area contributed by atoms with Gasteiger partial charge in [-0.3, -0.25) is 4.79 Å². The van der Waals surface area contributed by atoms with E-state index in [1.165, 1.54) is 6.42 Å². The molecule has 114 valence electrons. The van der Waals surface area contributed by atoms with Crippen molar-refractivity contribution in [3.05, 3.63) is 35.4 Å². The molecule has 1 saturated heterocycles. The lowest BCUT2D eigenvalue weighted by Crippen LogP contribution is -2.32. The van der Waals surface area contributed by atoms with Crippen LogP contribution in [-0.4, -0.2) is 29.9 Å². The first kappa shape index (κ1) is 15.4. The van der Waals surface area contributed by atoms with Crippen molar-refractivity contribution in [3.63, 3.8) is 0 Å². The van der Waals surface area contributed by atoms with E-state index in [-0.39, 0.29) is 5.91 Å². The van der Waals surface area contributed by atoms with Crippen LogP contribution in [0.1, 0.15) is 42.1 Å². The Hall–Kier alpha value is -2.04. The van der Waals surface area contributed by atoms with Crippen molar-refractivity contribution in [2.45, 2.75) is 32.7 Å². The Morgan fingerprint density at radius 2 is 1.95 bits per heavy atom. The van der Waals surface area contributed by atoms with Gasteiger partial charge in [0.15, 0.2) is 0 Å². The van der Waals surface area contributed by atoms with Gasteiger partial charge in [-0.15, -0.1) is 0 Å². The first-order valence-corrected chi connectivity index (χ1v) is 7.48. The van der Waals surface area contributed by atoms with E-state index < -0.39 is 6.03 Å². The van der Waals surface area contributed by atoms with Gasteiger partial charge in [-0.05, 0) is 42.9 Å². The summed E-state index contributed by atoms with van der Waals surface area (Å²) in [5.74, 6) is 0.795. The number of amides is 3. The van der Waals surface area contributed by atoms with Crippen LogP contribution < -0.4 is 11.1 Å². The molecule has 3 N–H and O–H groups in total. The fourth-order valence-electron chi connectivity index (χ4n) is 2.60. The molecule has 1 fully saturated rings. The zero-order valence-corrected chi connectivity index (χ0v) is 12.5. The number of primary amides is 1. The summed E-state index contributed by atoms with van der Waals surface area (Å²) in [6, 6.07) is 6.78. The zero-order valence-electron chi connectivity index (χ0n) is 12.5. The predicted octanol–water partition coefficient (Wildman–Crippen LogP) is 2.12. The molecule has 0 saturated carbocycles. The highest BCUT2D eigenvalue weighted by Gasteiger charge is 2.19. The molecule has 5 heteroatoms. The second kappa shape index (κ2) is 7.11. The number of likely N-dealkylation sites (tertiary alicyclic amines) is 1. The summed E-state index contributed by atoms with van der Waals surface area (Å²) >= 11 is 0. The Labute approximate surface area is 125 Å². The average Bonchev–Trinajstić information content (AvgIpc) is 2.69. The van der Waals surface area contributed by atoms with Crippen LogP contribution in [0.2, 0.25) is 0 Å². The number of hydrogen-bond donors (Lipinski definition) is 2. The van der Waals surface area contributed by atoms with E-state index in [1.54, 1.807) is 0 Å². The normalized spacial score (nSPS) is 18.9. The summed E-state index contributed by atoms with van der Waals surface area (Å²) in [4.78, 5) is 25.1. The van der Waals surface area contributed by atoms with Gasteiger partial charge >= 0.3 is 6.03 Å². The molecule has 0 unspecified atom stereocenters. The molecule has 0 spiro atoms. The van der Waals surface area contributed by atoms with Crippen molar-refractivity contribution in [1.82, 2.24) is 10.2 Å². The minimum absolute atomic E-state index is 0.0958. The van der Waals surface area contributed by atoms with Crippen LogP contribution in [0, 0.1) is 5.92 Å². The molecule has 1 aromatic carbocycles. The van der Waals surface area contributed by atoms with Crippen LogP contribution in [0.4, 0.5) is 4.79 Å². The number of urea groups is 1. The van der Waals surface area contributed by atoms with Crippen molar-refractivity contribution >= 4 is 11.9 Å². The standard InChI is InChI=1S/C16H23N3O2/c1-12-3-2-9-19(10-8-12)15(20)14-6-4-13(5-7-14)11-18-16(17)21/h4-7,12H,2-3,8-11H2,1H3,(H3,17,18,21)/t12-/m0/s1. The minimum Gasteiger partial charge on any atom is -0.352 e. The van der Waals surface area contributed by atoms with Crippen LogP contribution in [0.15, 0.2) is 24.3 Å². The highest BCUT2D eigenvalue weighted by molar-refractivity contribution is 5.94. The van der Waals surface area contributed by atoms with Crippen LogP contribution in [0.3, 0.4) is 0 Å². The van der Waals surface area contributed by atoms with E-state index >= 15 is 0 Å². The minimum atomic E-state index is -0.547. The number of nitrogens with two attached hydrogens (primary N) is 1. The van der Waals surface area contributed by atoms with E-state index in [0.717, 1.165) is 31.5 Å². The molecular formula is C16H23N3O2. The van der Waals surface area contributed by atoms with Crippen molar-refractivity contribution in [1.29, 1.82) is 0 Å². The third-order valence-electron chi connectivity index (χ3n) is 3.97. The van der Waals surface area contributed by atoms with Gasteiger partial charge in [0.05, 0.1) is 0 Å². The maximum absolute atomic E-state index is 12.5. The van der Waals surface area contributed by atoms with E-state index in [1.807, 2.05) is 29.2 Å². The molecule has 0 aliphatic carbocycles.